The van der Waals surface area contributed by atoms with E-state index in [1.54, 1.807) is 30.5 Å². The van der Waals surface area contributed by atoms with Crippen LogP contribution in [0.1, 0.15) is 22.3 Å². The van der Waals surface area contributed by atoms with Gasteiger partial charge in [-0.05, 0) is 36.6 Å². The number of hydrogen-bond acceptors (Lipinski definition) is 4. The Morgan fingerprint density at radius 3 is 2.86 bits per heavy atom. The van der Waals surface area contributed by atoms with Crippen LogP contribution in [0.3, 0.4) is 0 Å². The van der Waals surface area contributed by atoms with Crippen LogP contribution in [0.4, 0.5) is 0 Å². The number of aromatic carboxylic acids is 1. The van der Waals surface area contributed by atoms with Gasteiger partial charge in [-0.2, -0.15) is 0 Å². The zero-order valence-corrected chi connectivity index (χ0v) is 11.8. The van der Waals surface area contributed by atoms with Crippen molar-refractivity contribution >= 4 is 5.97 Å². The zero-order valence-electron chi connectivity index (χ0n) is 11.8. The quantitative estimate of drug-likeness (QED) is 0.862. The molecule has 0 saturated heterocycles. The molecule has 0 amide bonds. The van der Waals surface area contributed by atoms with E-state index in [1.165, 1.54) is 10.7 Å². The highest BCUT2D eigenvalue weighted by Gasteiger charge is 2.11. The molecule has 6 heteroatoms. The van der Waals surface area contributed by atoms with Crippen molar-refractivity contribution < 1.29 is 9.90 Å². The second kappa shape index (κ2) is 6.69. The summed E-state index contributed by atoms with van der Waals surface area (Å²) in [5, 5.41) is 10.7. The maximum absolute atomic E-state index is 12.0. The second-order valence-electron chi connectivity index (χ2n) is 4.72. The molecule has 21 heavy (non-hydrogen) atoms. The fraction of sp³-hybridized carbons (Fsp3) is 0.267. The summed E-state index contributed by atoms with van der Waals surface area (Å²) in [5.41, 5.74) is 0.392. The highest BCUT2D eigenvalue weighted by molar-refractivity contribution is 5.86. The van der Waals surface area contributed by atoms with Crippen LogP contribution < -0.4 is 10.6 Å². The monoisotopic (exact) mass is 287 g/mol. The van der Waals surface area contributed by atoms with E-state index in [0.717, 1.165) is 18.4 Å². The molecule has 6 nitrogen and oxygen atoms in total. The standard InChI is InChI=1S/C15H17N3O3/c1-17(9-3-6-12-5-2-8-16-11-12)18-10-4-7-13(14(18)19)15(20)21/h2,4-5,7-8,10-11H,3,6,9H2,1H3,(H,20,21). The molecular formula is C15H17N3O3. The van der Waals surface area contributed by atoms with Crippen molar-refractivity contribution in [3.05, 3.63) is 64.3 Å². The summed E-state index contributed by atoms with van der Waals surface area (Å²) in [6.07, 6.45) is 6.81. The number of rotatable bonds is 6. The number of pyridine rings is 2. The van der Waals surface area contributed by atoms with Gasteiger partial charge in [0.1, 0.15) is 5.56 Å². The maximum atomic E-state index is 12.0. The van der Waals surface area contributed by atoms with E-state index in [2.05, 4.69) is 4.98 Å². The maximum Gasteiger partial charge on any atom is 0.341 e. The minimum Gasteiger partial charge on any atom is -0.477 e. The molecule has 0 radical (unpaired) electrons. The van der Waals surface area contributed by atoms with Crippen molar-refractivity contribution in [1.29, 1.82) is 0 Å². The highest BCUT2D eigenvalue weighted by atomic mass is 16.4. The lowest BCUT2D eigenvalue weighted by Gasteiger charge is -2.21. The molecule has 0 bridgehead atoms. The fourth-order valence-electron chi connectivity index (χ4n) is 2.08. The Kier molecular flexibility index (Phi) is 4.71. The summed E-state index contributed by atoms with van der Waals surface area (Å²) >= 11 is 0. The Bertz CT molecular complexity index is 667. The highest BCUT2D eigenvalue weighted by Crippen LogP contribution is 2.01. The Labute approximate surface area is 122 Å². The number of nitrogens with zero attached hydrogens (tertiary/aromatic N) is 3. The van der Waals surface area contributed by atoms with E-state index in [1.807, 2.05) is 18.3 Å². The number of aryl methyl sites for hydroxylation is 1. The molecule has 0 aliphatic heterocycles. The van der Waals surface area contributed by atoms with E-state index in [-0.39, 0.29) is 5.56 Å². The number of aromatic nitrogens is 2. The third-order valence-electron chi connectivity index (χ3n) is 3.20. The summed E-state index contributed by atoms with van der Waals surface area (Å²) in [6, 6.07) is 6.76. The zero-order chi connectivity index (χ0) is 15.2. The van der Waals surface area contributed by atoms with Crippen molar-refractivity contribution in [2.75, 3.05) is 18.6 Å². The van der Waals surface area contributed by atoms with Crippen LogP contribution in [0.25, 0.3) is 0 Å². The number of carboxylic acids is 1. The molecule has 0 atom stereocenters. The van der Waals surface area contributed by atoms with Crippen LogP contribution in [0.15, 0.2) is 47.7 Å². The van der Waals surface area contributed by atoms with Crippen molar-refractivity contribution in [2.24, 2.45) is 0 Å². The van der Waals surface area contributed by atoms with Crippen LogP contribution in [0.2, 0.25) is 0 Å². The first-order valence-corrected chi connectivity index (χ1v) is 6.65. The third kappa shape index (κ3) is 3.68. The van der Waals surface area contributed by atoms with Crippen LogP contribution in [-0.4, -0.2) is 34.3 Å². The smallest absolute Gasteiger partial charge is 0.341 e. The van der Waals surface area contributed by atoms with Crippen molar-refractivity contribution in [1.82, 2.24) is 9.66 Å². The normalized spacial score (nSPS) is 10.3. The SMILES string of the molecule is CN(CCCc1cccnc1)n1cccc(C(=O)O)c1=O. The van der Waals surface area contributed by atoms with Crippen LogP contribution in [-0.2, 0) is 6.42 Å². The van der Waals surface area contributed by atoms with Crippen molar-refractivity contribution in [3.63, 3.8) is 0 Å². The van der Waals surface area contributed by atoms with Crippen molar-refractivity contribution in [2.45, 2.75) is 12.8 Å². The largest absolute Gasteiger partial charge is 0.477 e. The summed E-state index contributed by atoms with van der Waals surface area (Å²) < 4.78 is 1.33. The Hall–Kier alpha value is -2.63. The minimum atomic E-state index is -1.21. The molecule has 0 fully saturated rings. The third-order valence-corrected chi connectivity index (χ3v) is 3.20. The Morgan fingerprint density at radius 2 is 2.19 bits per heavy atom. The van der Waals surface area contributed by atoms with Crippen molar-refractivity contribution in [3.8, 4) is 0 Å². The van der Waals surface area contributed by atoms with Gasteiger partial charge < -0.3 is 10.1 Å². The molecule has 0 saturated carbocycles. The van der Waals surface area contributed by atoms with Gasteiger partial charge in [0.15, 0.2) is 0 Å². The predicted molar refractivity (Wildman–Crippen MR) is 79.2 cm³/mol. The first-order chi connectivity index (χ1) is 10.1. The number of carboxylic acid groups (broad SMARTS) is 1. The summed E-state index contributed by atoms with van der Waals surface area (Å²) in [5.74, 6) is -1.21. The number of carbonyl (C=O) groups is 1. The van der Waals surface area contributed by atoms with Gasteiger partial charge in [0.05, 0.1) is 0 Å². The van der Waals surface area contributed by atoms with Gasteiger partial charge in [-0.15, -0.1) is 0 Å². The molecule has 2 aromatic rings. The van der Waals surface area contributed by atoms with Gasteiger partial charge in [-0.3, -0.25) is 9.78 Å². The van der Waals surface area contributed by atoms with Gasteiger partial charge in [0.25, 0.3) is 5.56 Å². The minimum absolute atomic E-state index is 0.225. The molecule has 0 spiro atoms. The summed E-state index contributed by atoms with van der Waals surface area (Å²) in [6.45, 7) is 0.637. The molecule has 0 aliphatic carbocycles. The molecule has 0 aliphatic rings. The van der Waals surface area contributed by atoms with Crippen LogP contribution >= 0.6 is 0 Å². The van der Waals surface area contributed by atoms with E-state index in [9.17, 15) is 9.59 Å². The predicted octanol–water partition coefficient (Wildman–Crippen LogP) is 1.14. The van der Waals surface area contributed by atoms with E-state index >= 15 is 0 Å². The lowest BCUT2D eigenvalue weighted by atomic mass is 10.1. The molecule has 2 heterocycles. The summed E-state index contributed by atoms with van der Waals surface area (Å²) in [7, 11) is 1.76. The van der Waals surface area contributed by atoms with E-state index in [4.69, 9.17) is 5.11 Å². The molecular weight excluding hydrogens is 270 g/mol. The van der Waals surface area contributed by atoms with Gasteiger partial charge in [0.2, 0.25) is 0 Å². The molecule has 1 N–H and O–H groups in total. The molecule has 2 aromatic heterocycles. The lowest BCUT2D eigenvalue weighted by Crippen LogP contribution is -2.41. The molecule has 0 aromatic carbocycles. The Balaban J connectivity index is 2.01. The second-order valence-corrected chi connectivity index (χ2v) is 4.72. The summed E-state index contributed by atoms with van der Waals surface area (Å²) in [4.78, 5) is 27.0. The van der Waals surface area contributed by atoms with Crippen LogP contribution in [0, 0.1) is 0 Å². The molecule has 110 valence electrons. The Morgan fingerprint density at radius 1 is 1.38 bits per heavy atom. The van der Waals surface area contributed by atoms with Gasteiger partial charge in [-0.1, -0.05) is 6.07 Å². The average molecular weight is 287 g/mol. The fourth-order valence-corrected chi connectivity index (χ4v) is 2.08. The average Bonchev–Trinajstić information content (AvgIpc) is 2.48. The molecule has 2 rings (SSSR count). The first-order valence-electron chi connectivity index (χ1n) is 6.65. The van der Waals surface area contributed by atoms with Gasteiger partial charge in [-0.25, -0.2) is 9.47 Å². The lowest BCUT2D eigenvalue weighted by molar-refractivity contribution is 0.0694. The number of hydrogen-bond donors (Lipinski definition) is 1. The van der Waals surface area contributed by atoms with E-state index in [0.29, 0.717) is 6.54 Å². The first kappa shape index (κ1) is 14.8. The molecule has 0 unspecified atom stereocenters. The van der Waals surface area contributed by atoms with Crippen LogP contribution in [0.5, 0.6) is 0 Å². The van der Waals surface area contributed by atoms with E-state index < -0.39 is 11.5 Å². The van der Waals surface area contributed by atoms with Gasteiger partial charge in [0, 0.05) is 32.2 Å². The van der Waals surface area contributed by atoms with Gasteiger partial charge >= 0.3 is 5.97 Å². The topological polar surface area (TPSA) is 75.4 Å².